The molecule has 8 nitrogen and oxygen atoms in total. The number of nitrogens with one attached hydrogen (secondary N) is 2. The van der Waals surface area contributed by atoms with Crippen molar-refractivity contribution in [3.63, 3.8) is 0 Å². The number of aromatic nitrogens is 6. The van der Waals surface area contributed by atoms with Crippen LogP contribution in [0.2, 0.25) is 10.0 Å². The van der Waals surface area contributed by atoms with Gasteiger partial charge < -0.3 is 10.6 Å². The smallest absolute Gasteiger partial charge is 0.258 e. The predicted octanol–water partition coefficient (Wildman–Crippen LogP) is 3.32. The van der Waals surface area contributed by atoms with Gasteiger partial charge in [-0.25, -0.2) is 4.98 Å². The summed E-state index contributed by atoms with van der Waals surface area (Å²) in [5, 5.41) is 11.3. The Morgan fingerprint density at radius 3 is 2.33 bits per heavy atom. The van der Waals surface area contributed by atoms with E-state index in [0.29, 0.717) is 33.6 Å². The van der Waals surface area contributed by atoms with Crippen LogP contribution >= 0.6 is 23.2 Å². The molecule has 2 N–H and O–H groups in total. The maximum absolute atomic E-state index is 6.02. The summed E-state index contributed by atoms with van der Waals surface area (Å²) in [6, 6.07) is 5.25. The Bertz CT molecular complexity index is 815. The second kappa shape index (κ2) is 6.98. The zero-order valence-electron chi connectivity index (χ0n) is 12.9. The molecule has 2 aromatic heterocycles. The molecule has 0 spiro atoms. The normalized spacial score (nSPS) is 10.9. The average molecular weight is 365 g/mol. The van der Waals surface area contributed by atoms with Crippen molar-refractivity contribution in [2.24, 2.45) is 0 Å². The molecule has 0 radical (unpaired) electrons. The third-order valence-electron chi connectivity index (χ3n) is 2.78. The molecule has 0 atom stereocenters. The molecule has 10 heteroatoms. The largest absolute Gasteiger partial charge is 0.352 e. The second-order valence-electron chi connectivity index (χ2n) is 5.20. The summed E-state index contributed by atoms with van der Waals surface area (Å²) in [7, 11) is 0. The third-order valence-corrected chi connectivity index (χ3v) is 3.22. The maximum Gasteiger partial charge on any atom is 0.258 e. The standard InChI is InChI=1S/C14H14Cl2N8/c1-8(2)19-12-21-13(20-11-4-9(15)3-10(16)5-11)23-14(22-12)24-7-17-6-18-24/h3-8H,1-2H3,(H2,19,20,21,22,23). The Hall–Kier alpha value is -2.45. The first-order valence-electron chi connectivity index (χ1n) is 7.10. The lowest BCUT2D eigenvalue weighted by atomic mass is 10.3. The molecule has 2 heterocycles. The SMILES string of the molecule is CC(C)Nc1nc(Nc2cc(Cl)cc(Cl)c2)nc(-n2cncn2)n1. The summed E-state index contributed by atoms with van der Waals surface area (Å²) in [5.74, 6) is 1.08. The molecule has 0 saturated heterocycles. The van der Waals surface area contributed by atoms with Gasteiger partial charge in [-0.05, 0) is 32.0 Å². The van der Waals surface area contributed by atoms with Gasteiger partial charge in [0.25, 0.3) is 5.95 Å². The Morgan fingerprint density at radius 1 is 1.00 bits per heavy atom. The van der Waals surface area contributed by atoms with Crippen LogP contribution in [0.4, 0.5) is 17.6 Å². The molecule has 0 aliphatic carbocycles. The highest BCUT2D eigenvalue weighted by molar-refractivity contribution is 6.35. The molecule has 0 bridgehead atoms. The minimum atomic E-state index is 0.157. The van der Waals surface area contributed by atoms with Crippen molar-refractivity contribution in [2.75, 3.05) is 10.6 Å². The number of hydrogen-bond acceptors (Lipinski definition) is 7. The molecule has 0 aliphatic heterocycles. The zero-order valence-corrected chi connectivity index (χ0v) is 14.4. The van der Waals surface area contributed by atoms with Crippen molar-refractivity contribution < 1.29 is 0 Å². The molecule has 0 unspecified atom stereocenters. The molecule has 124 valence electrons. The molecule has 0 amide bonds. The molecule has 0 saturated carbocycles. The van der Waals surface area contributed by atoms with Crippen LogP contribution in [0.25, 0.3) is 5.95 Å². The highest BCUT2D eigenvalue weighted by Gasteiger charge is 2.10. The molecule has 24 heavy (non-hydrogen) atoms. The number of nitrogens with zero attached hydrogens (tertiary/aromatic N) is 6. The van der Waals surface area contributed by atoms with Crippen LogP contribution < -0.4 is 10.6 Å². The van der Waals surface area contributed by atoms with Gasteiger partial charge in [-0.2, -0.15) is 24.7 Å². The number of hydrogen-bond donors (Lipinski definition) is 2. The molecule has 0 aliphatic rings. The van der Waals surface area contributed by atoms with Crippen molar-refractivity contribution >= 4 is 40.8 Å². The lowest BCUT2D eigenvalue weighted by Gasteiger charge is -2.12. The van der Waals surface area contributed by atoms with Gasteiger partial charge in [-0.3, -0.25) is 0 Å². The third kappa shape index (κ3) is 4.09. The number of rotatable bonds is 5. The van der Waals surface area contributed by atoms with Gasteiger partial charge in [-0.1, -0.05) is 23.2 Å². The van der Waals surface area contributed by atoms with Gasteiger partial charge in [0.1, 0.15) is 12.7 Å². The van der Waals surface area contributed by atoms with E-state index in [9.17, 15) is 0 Å². The number of anilines is 3. The quantitative estimate of drug-likeness (QED) is 0.716. The fourth-order valence-corrected chi connectivity index (χ4v) is 2.44. The second-order valence-corrected chi connectivity index (χ2v) is 6.08. The Kier molecular flexibility index (Phi) is 4.77. The van der Waals surface area contributed by atoms with Gasteiger partial charge in [0.15, 0.2) is 0 Å². The van der Waals surface area contributed by atoms with Gasteiger partial charge in [-0.15, -0.1) is 0 Å². The van der Waals surface area contributed by atoms with E-state index in [1.807, 2.05) is 13.8 Å². The van der Waals surface area contributed by atoms with E-state index in [2.05, 4.69) is 35.7 Å². The van der Waals surface area contributed by atoms with E-state index >= 15 is 0 Å². The average Bonchev–Trinajstić information content (AvgIpc) is 2.99. The molecule has 0 fully saturated rings. The van der Waals surface area contributed by atoms with E-state index in [0.717, 1.165) is 0 Å². The Morgan fingerprint density at radius 2 is 1.71 bits per heavy atom. The monoisotopic (exact) mass is 364 g/mol. The number of halogens is 2. The van der Waals surface area contributed by atoms with Crippen LogP contribution in [-0.2, 0) is 0 Å². The van der Waals surface area contributed by atoms with Crippen molar-refractivity contribution in [1.29, 1.82) is 0 Å². The van der Waals surface area contributed by atoms with Gasteiger partial charge in [0.2, 0.25) is 11.9 Å². The first-order chi connectivity index (χ1) is 11.5. The van der Waals surface area contributed by atoms with Gasteiger partial charge in [0.05, 0.1) is 0 Å². The van der Waals surface area contributed by atoms with Gasteiger partial charge >= 0.3 is 0 Å². The summed E-state index contributed by atoms with van der Waals surface area (Å²) < 4.78 is 1.45. The summed E-state index contributed by atoms with van der Waals surface area (Å²) in [6.45, 7) is 3.98. The van der Waals surface area contributed by atoms with E-state index in [-0.39, 0.29) is 6.04 Å². The molecule has 3 aromatic rings. The van der Waals surface area contributed by atoms with Crippen LogP contribution in [0.1, 0.15) is 13.8 Å². The van der Waals surface area contributed by atoms with Crippen molar-refractivity contribution in [2.45, 2.75) is 19.9 Å². The van der Waals surface area contributed by atoms with E-state index in [1.54, 1.807) is 18.2 Å². The lowest BCUT2D eigenvalue weighted by molar-refractivity contribution is 0.787. The van der Waals surface area contributed by atoms with E-state index < -0.39 is 0 Å². The van der Waals surface area contributed by atoms with Crippen molar-refractivity contribution in [3.05, 3.63) is 40.9 Å². The first kappa shape index (κ1) is 16.4. The van der Waals surface area contributed by atoms with Crippen LogP contribution in [0.3, 0.4) is 0 Å². The van der Waals surface area contributed by atoms with Crippen LogP contribution in [0.5, 0.6) is 0 Å². The summed E-state index contributed by atoms with van der Waals surface area (Å²) in [6.07, 6.45) is 2.91. The molecule has 1 aromatic carbocycles. The topological polar surface area (TPSA) is 93.4 Å². The highest BCUT2D eigenvalue weighted by Crippen LogP contribution is 2.24. The molecular weight excluding hydrogens is 351 g/mol. The van der Waals surface area contributed by atoms with Crippen LogP contribution in [0.15, 0.2) is 30.9 Å². The highest BCUT2D eigenvalue weighted by atomic mass is 35.5. The Balaban J connectivity index is 1.98. The minimum absolute atomic E-state index is 0.157. The summed E-state index contributed by atoms with van der Waals surface area (Å²) in [4.78, 5) is 16.9. The summed E-state index contributed by atoms with van der Waals surface area (Å²) >= 11 is 12.0. The van der Waals surface area contributed by atoms with E-state index in [1.165, 1.54) is 17.3 Å². The Labute approximate surface area is 148 Å². The van der Waals surface area contributed by atoms with Crippen LogP contribution in [0, 0.1) is 0 Å². The van der Waals surface area contributed by atoms with E-state index in [4.69, 9.17) is 23.2 Å². The lowest BCUT2D eigenvalue weighted by Crippen LogP contribution is -2.16. The zero-order chi connectivity index (χ0) is 17.1. The van der Waals surface area contributed by atoms with Crippen molar-refractivity contribution in [3.8, 4) is 5.95 Å². The fourth-order valence-electron chi connectivity index (χ4n) is 1.91. The van der Waals surface area contributed by atoms with Gasteiger partial charge in [0, 0.05) is 21.8 Å². The van der Waals surface area contributed by atoms with Crippen LogP contribution in [-0.4, -0.2) is 35.8 Å². The molecule has 3 rings (SSSR count). The summed E-state index contributed by atoms with van der Waals surface area (Å²) in [5.41, 5.74) is 0.665. The fraction of sp³-hybridized carbons (Fsp3) is 0.214. The number of benzene rings is 1. The molecular formula is C14H14Cl2N8. The predicted molar refractivity (Wildman–Crippen MR) is 93.2 cm³/mol. The minimum Gasteiger partial charge on any atom is -0.352 e. The maximum atomic E-state index is 6.02. The first-order valence-corrected chi connectivity index (χ1v) is 7.86. The van der Waals surface area contributed by atoms with Crippen molar-refractivity contribution in [1.82, 2.24) is 29.7 Å².